The van der Waals surface area contributed by atoms with Crippen molar-refractivity contribution in [2.75, 3.05) is 0 Å². The average Bonchev–Trinajstić information content (AvgIpc) is 2.68. The summed E-state index contributed by atoms with van der Waals surface area (Å²) >= 11 is 0. The highest BCUT2D eigenvalue weighted by molar-refractivity contribution is 5.76. The lowest BCUT2D eigenvalue weighted by Gasteiger charge is -2.26. The lowest BCUT2D eigenvalue weighted by molar-refractivity contribution is -0.147. The summed E-state index contributed by atoms with van der Waals surface area (Å²) in [7, 11) is 0. The Bertz CT molecular complexity index is 372. The molecule has 0 aromatic carbocycles. The van der Waals surface area contributed by atoms with Crippen molar-refractivity contribution in [2.24, 2.45) is 23.2 Å². The summed E-state index contributed by atoms with van der Waals surface area (Å²) in [6.45, 7) is 4.30. The molecule has 17 heavy (non-hydrogen) atoms. The molecule has 3 nitrogen and oxygen atoms in total. The van der Waals surface area contributed by atoms with Gasteiger partial charge in [-0.1, -0.05) is 26.0 Å². The van der Waals surface area contributed by atoms with Crippen LogP contribution in [0.25, 0.3) is 0 Å². The van der Waals surface area contributed by atoms with Gasteiger partial charge in [0.2, 0.25) is 0 Å². The number of carbonyl (C=O) groups is 1. The first-order valence-electron chi connectivity index (χ1n) is 6.54. The molecule has 1 aliphatic heterocycles. The normalized spacial score (nSPS) is 49.1. The zero-order valence-corrected chi connectivity index (χ0v) is 10.4. The minimum atomic E-state index is -0.321. The Balaban J connectivity index is 2.00. The van der Waals surface area contributed by atoms with Crippen molar-refractivity contribution in [1.82, 2.24) is 0 Å². The Morgan fingerprint density at radius 1 is 1.35 bits per heavy atom. The third-order valence-electron chi connectivity index (χ3n) is 4.81. The van der Waals surface area contributed by atoms with E-state index >= 15 is 0 Å². The number of aliphatic hydroxyl groups excluding tert-OH is 1. The van der Waals surface area contributed by atoms with Crippen LogP contribution in [0.2, 0.25) is 0 Å². The summed E-state index contributed by atoms with van der Waals surface area (Å²) in [5, 5.41) is 10.2. The summed E-state index contributed by atoms with van der Waals surface area (Å²) in [6.07, 6.45) is 6.17. The maximum absolute atomic E-state index is 11.9. The van der Waals surface area contributed by atoms with E-state index in [1.165, 1.54) is 0 Å². The van der Waals surface area contributed by atoms with Crippen LogP contribution in [0.5, 0.6) is 0 Å². The second-order valence-electron chi connectivity index (χ2n) is 6.41. The van der Waals surface area contributed by atoms with Crippen LogP contribution < -0.4 is 0 Å². The summed E-state index contributed by atoms with van der Waals surface area (Å²) < 4.78 is 5.59. The highest BCUT2D eigenvalue weighted by atomic mass is 16.6. The van der Waals surface area contributed by atoms with Crippen LogP contribution in [-0.2, 0) is 9.53 Å². The molecule has 1 N–H and O–H groups in total. The van der Waals surface area contributed by atoms with Gasteiger partial charge in [0.25, 0.3) is 0 Å². The molecular formula is C14H20O3. The molecule has 0 bridgehead atoms. The van der Waals surface area contributed by atoms with Gasteiger partial charge in [0, 0.05) is 11.3 Å². The van der Waals surface area contributed by atoms with Crippen LogP contribution in [0.3, 0.4) is 0 Å². The van der Waals surface area contributed by atoms with Crippen molar-refractivity contribution < 1.29 is 14.6 Å². The molecule has 3 rings (SSSR count). The van der Waals surface area contributed by atoms with Crippen LogP contribution in [0.15, 0.2) is 12.2 Å². The van der Waals surface area contributed by atoms with Crippen LogP contribution in [0.1, 0.15) is 33.1 Å². The fourth-order valence-corrected chi connectivity index (χ4v) is 4.02. The molecule has 1 saturated heterocycles. The van der Waals surface area contributed by atoms with E-state index in [0.29, 0.717) is 6.42 Å². The molecule has 3 aliphatic rings. The van der Waals surface area contributed by atoms with Crippen molar-refractivity contribution in [2.45, 2.75) is 45.3 Å². The van der Waals surface area contributed by atoms with Crippen LogP contribution in [0.4, 0.5) is 0 Å². The molecule has 0 radical (unpaired) electrons. The number of aliphatic hydroxyl groups is 1. The molecule has 0 spiro atoms. The monoisotopic (exact) mass is 236 g/mol. The van der Waals surface area contributed by atoms with E-state index in [1.807, 2.05) is 12.2 Å². The van der Waals surface area contributed by atoms with E-state index in [4.69, 9.17) is 4.74 Å². The van der Waals surface area contributed by atoms with Gasteiger partial charge >= 0.3 is 5.97 Å². The van der Waals surface area contributed by atoms with Gasteiger partial charge in [0.05, 0.1) is 12.0 Å². The summed E-state index contributed by atoms with van der Waals surface area (Å²) in [5.74, 6) is 0.350. The molecule has 94 valence electrons. The Labute approximate surface area is 102 Å². The fraction of sp³-hybridized carbons (Fsp3) is 0.786. The quantitative estimate of drug-likeness (QED) is 0.516. The van der Waals surface area contributed by atoms with E-state index in [-0.39, 0.29) is 41.3 Å². The van der Waals surface area contributed by atoms with Crippen LogP contribution >= 0.6 is 0 Å². The van der Waals surface area contributed by atoms with E-state index in [1.54, 1.807) is 0 Å². The van der Waals surface area contributed by atoms with Crippen molar-refractivity contribution in [3.8, 4) is 0 Å². The number of rotatable bonds is 0. The van der Waals surface area contributed by atoms with Gasteiger partial charge in [0.15, 0.2) is 0 Å². The van der Waals surface area contributed by atoms with Gasteiger partial charge < -0.3 is 9.84 Å². The minimum absolute atomic E-state index is 0.00502. The number of esters is 1. The third kappa shape index (κ3) is 1.55. The molecule has 5 atom stereocenters. The lowest BCUT2D eigenvalue weighted by atomic mass is 9.77. The maximum atomic E-state index is 11.9. The van der Waals surface area contributed by atoms with Crippen LogP contribution in [0, 0.1) is 23.2 Å². The molecule has 1 saturated carbocycles. The molecule has 0 amide bonds. The first-order chi connectivity index (χ1) is 8.00. The predicted octanol–water partition coefficient (Wildman–Crippen LogP) is 1.90. The Morgan fingerprint density at radius 3 is 2.82 bits per heavy atom. The summed E-state index contributed by atoms with van der Waals surface area (Å²) in [5.41, 5.74) is 0.00502. The Kier molecular flexibility index (Phi) is 2.37. The maximum Gasteiger partial charge on any atom is 0.309 e. The van der Waals surface area contributed by atoms with Gasteiger partial charge in [0.1, 0.15) is 6.10 Å². The first kappa shape index (κ1) is 11.3. The molecule has 3 heteroatoms. The van der Waals surface area contributed by atoms with Gasteiger partial charge in [-0.15, -0.1) is 0 Å². The number of hydrogen-bond donors (Lipinski definition) is 1. The second-order valence-corrected chi connectivity index (χ2v) is 6.41. The zero-order valence-electron chi connectivity index (χ0n) is 10.4. The number of allylic oxidation sites excluding steroid dienone is 1. The topological polar surface area (TPSA) is 46.5 Å². The lowest BCUT2D eigenvalue weighted by Crippen LogP contribution is -2.32. The van der Waals surface area contributed by atoms with Crippen molar-refractivity contribution in [3.63, 3.8) is 0 Å². The molecule has 2 aliphatic carbocycles. The van der Waals surface area contributed by atoms with Gasteiger partial charge in [-0.3, -0.25) is 4.79 Å². The van der Waals surface area contributed by atoms with E-state index < -0.39 is 0 Å². The van der Waals surface area contributed by atoms with E-state index in [9.17, 15) is 9.90 Å². The summed E-state index contributed by atoms with van der Waals surface area (Å²) in [6, 6.07) is 0. The SMILES string of the molecule is CC1(C)C[C@@H]2[C@H]3[C@H](C/C=C\C[C@@H]2O)C(=O)O[C@H]31. The van der Waals surface area contributed by atoms with Crippen LogP contribution in [-0.4, -0.2) is 23.3 Å². The molecule has 1 heterocycles. The molecule has 2 fully saturated rings. The van der Waals surface area contributed by atoms with Crippen molar-refractivity contribution in [3.05, 3.63) is 12.2 Å². The van der Waals surface area contributed by atoms with Gasteiger partial charge in [-0.2, -0.15) is 0 Å². The molecule has 0 aromatic heterocycles. The molecule has 0 unspecified atom stereocenters. The summed E-state index contributed by atoms with van der Waals surface area (Å²) in [4.78, 5) is 11.9. The highest BCUT2D eigenvalue weighted by Gasteiger charge is 2.60. The van der Waals surface area contributed by atoms with Gasteiger partial charge in [-0.05, 0) is 25.2 Å². The van der Waals surface area contributed by atoms with Crippen molar-refractivity contribution in [1.29, 1.82) is 0 Å². The third-order valence-corrected chi connectivity index (χ3v) is 4.81. The Morgan fingerprint density at radius 2 is 2.06 bits per heavy atom. The highest BCUT2D eigenvalue weighted by Crippen LogP contribution is 2.56. The van der Waals surface area contributed by atoms with Crippen molar-refractivity contribution >= 4 is 5.97 Å². The zero-order chi connectivity index (χ0) is 12.2. The molecular weight excluding hydrogens is 216 g/mol. The van der Waals surface area contributed by atoms with E-state index in [2.05, 4.69) is 13.8 Å². The number of ether oxygens (including phenoxy) is 1. The van der Waals surface area contributed by atoms with E-state index in [0.717, 1.165) is 12.8 Å². The fourth-order valence-electron chi connectivity index (χ4n) is 4.02. The first-order valence-corrected chi connectivity index (χ1v) is 6.54. The standard InChI is InChI=1S/C14H20O3/c1-14(2)7-9-10(15)6-4-3-5-8-11(9)12(14)17-13(8)16/h3-4,8-12,15H,5-7H2,1-2H3/b4-3-/t8-,9-,10-,11+,12+/m0/s1. The van der Waals surface area contributed by atoms with Gasteiger partial charge in [-0.25, -0.2) is 0 Å². The largest absolute Gasteiger partial charge is 0.461 e. The Hall–Kier alpha value is -0.830. The minimum Gasteiger partial charge on any atom is -0.461 e. The number of carbonyl (C=O) groups excluding carboxylic acids is 1. The predicted molar refractivity (Wildman–Crippen MR) is 63.1 cm³/mol. The number of hydrogen-bond acceptors (Lipinski definition) is 3. The molecule has 0 aromatic rings. The average molecular weight is 236 g/mol. The second kappa shape index (κ2) is 3.58. The smallest absolute Gasteiger partial charge is 0.309 e.